The third-order valence-electron chi connectivity index (χ3n) is 4.55. The van der Waals surface area contributed by atoms with Gasteiger partial charge in [-0.25, -0.2) is 0 Å². The Morgan fingerprint density at radius 3 is 1.52 bits per heavy atom. The minimum atomic E-state index is -2.96. The summed E-state index contributed by atoms with van der Waals surface area (Å²) in [7, 11) is 0. The van der Waals surface area contributed by atoms with Gasteiger partial charge in [-0.15, -0.1) is 0 Å². The van der Waals surface area contributed by atoms with E-state index in [2.05, 4.69) is 77.8 Å². The minimum absolute atomic E-state index is 1.08. The normalized spacial score (nSPS) is 12.3. The number of hydrogen-bond acceptors (Lipinski definition) is 2. The summed E-state index contributed by atoms with van der Waals surface area (Å²) < 4.78 is 5.01. The van der Waals surface area contributed by atoms with Crippen LogP contribution in [0, 0.1) is 13.8 Å². The molecule has 2 aromatic heterocycles. The summed E-state index contributed by atoms with van der Waals surface area (Å²) in [6, 6.07) is 16.9. The van der Waals surface area contributed by atoms with Crippen LogP contribution in [0.15, 0.2) is 48.5 Å². The summed E-state index contributed by atoms with van der Waals surface area (Å²) in [6.07, 6.45) is 0. The van der Waals surface area contributed by atoms with E-state index in [0.29, 0.717) is 0 Å². The number of aryl methyl sites for hydroxylation is 2. The Hall–Kier alpha value is -1.82. The van der Waals surface area contributed by atoms with E-state index in [1.165, 1.54) is 11.0 Å². The molecule has 116 valence electrons. The van der Waals surface area contributed by atoms with Crippen molar-refractivity contribution in [3.63, 3.8) is 0 Å². The average Bonchev–Trinajstić information content (AvgIpc) is 3.02. The van der Waals surface area contributed by atoms with E-state index in [9.17, 15) is 0 Å². The Morgan fingerprint density at radius 1 is 0.696 bits per heavy atom. The summed E-state index contributed by atoms with van der Waals surface area (Å²) >= 11 is -2.96. The van der Waals surface area contributed by atoms with Crippen molar-refractivity contribution in [1.82, 2.24) is 15.5 Å². The van der Waals surface area contributed by atoms with Crippen LogP contribution >= 0.6 is 0 Å². The molecule has 0 N–H and O–H groups in total. The summed E-state index contributed by atoms with van der Waals surface area (Å²) in [5.41, 5.74) is 4.64. The zero-order valence-electron chi connectivity index (χ0n) is 13.9. The van der Waals surface area contributed by atoms with Crippen molar-refractivity contribution in [2.24, 2.45) is 0 Å². The van der Waals surface area contributed by atoms with Crippen molar-refractivity contribution in [2.75, 3.05) is 0 Å². The zero-order chi connectivity index (χ0) is 16.2. The van der Waals surface area contributed by atoms with Crippen LogP contribution in [0.3, 0.4) is 0 Å². The van der Waals surface area contributed by atoms with Gasteiger partial charge >= 0.3 is 140 Å². The van der Waals surface area contributed by atoms with Crippen molar-refractivity contribution in [1.29, 1.82) is 0 Å². The van der Waals surface area contributed by atoms with Gasteiger partial charge in [0, 0.05) is 0 Å². The number of fused-ring (bicyclic) bond motifs is 2. The molecular formula is C18H20N4Sn. The molecule has 0 aliphatic rings. The van der Waals surface area contributed by atoms with Crippen molar-refractivity contribution in [3.05, 3.63) is 60.2 Å². The molecule has 4 aromatic rings. The molecule has 0 spiro atoms. The Balaban J connectivity index is 2.06. The molecule has 4 rings (SSSR count). The van der Waals surface area contributed by atoms with Gasteiger partial charge in [-0.05, 0) is 0 Å². The SMILES string of the molecule is Cc1nc2ccccc2[n]1[Sn]([CH3])([CH3])[n]1c(C)nc2ccccc21. The van der Waals surface area contributed by atoms with Gasteiger partial charge in [0.1, 0.15) is 0 Å². The number of para-hydroxylation sites is 4. The van der Waals surface area contributed by atoms with E-state index < -0.39 is 18.9 Å². The predicted molar refractivity (Wildman–Crippen MR) is 97.2 cm³/mol. The van der Waals surface area contributed by atoms with Crippen LogP contribution in [-0.2, 0) is 0 Å². The molecule has 2 aromatic carbocycles. The molecule has 4 nitrogen and oxygen atoms in total. The second kappa shape index (κ2) is 5.09. The number of imidazole rings is 2. The van der Waals surface area contributed by atoms with Crippen molar-refractivity contribution in [3.8, 4) is 0 Å². The molecule has 0 unspecified atom stereocenters. The fourth-order valence-electron chi connectivity index (χ4n) is 3.77. The molecule has 2 heterocycles. The van der Waals surface area contributed by atoms with Crippen molar-refractivity contribution >= 4 is 41.0 Å². The zero-order valence-corrected chi connectivity index (χ0v) is 16.8. The van der Waals surface area contributed by atoms with Crippen LogP contribution < -0.4 is 0 Å². The van der Waals surface area contributed by atoms with Gasteiger partial charge < -0.3 is 0 Å². The molecule has 0 atom stereocenters. The van der Waals surface area contributed by atoms with E-state index in [1.54, 1.807) is 0 Å². The summed E-state index contributed by atoms with van der Waals surface area (Å²) in [6.45, 7) is 4.24. The van der Waals surface area contributed by atoms with E-state index in [-0.39, 0.29) is 0 Å². The van der Waals surface area contributed by atoms with Gasteiger partial charge in [0.2, 0.25) is 0 Å². The maximum atomic E-state index is 4.78. The third kappa shape index (κ3) is 2.11. The second-order valence-electron chi connectivity index (χ2n) is 6.46. The van der Waals surface area contributed by atoms with Crippen LogP contribution in [0.25, 0.3) is 22.1 Å². The van der Waals surface area contributed by atoms with Crippen molar-refractivity contribution < 1.29 is 0 Å². The van der Waals surface area contributed by atoms with Crippen LogP contribution in [-0.4, -0.2) is 34.5 Å². The second-order valence-corrected chi connectivity index (χ2v) is 17.5. The molecule has 0 saturated carbocycles. The van der Waals surface area contributed by atoms with Gasteiger partial charge in [-0.3, -0.25) is 0 Å². The maximum absolute atomic E-state index is 4.78. The number of benzene rings is 2. The van der Waals surface area contributed by atoms with Gasteiger partial charge in [-0.1, -0.05) is 0 Å². The van der Waals surface area contributed by atoms with E-state index in [1.807, 2.05) is 0 Å². The first-order valence-electron chi connectivity index (χ1n) is 7.89. The van der Waals surface area contributed by atoms with Gasteiger partial charge in [0.25, 0.3) is 0 Å². The Labute approximate surface area is 140 Å². The predicted octanol–water partition coefficient (Wildman–Crippen LogP) is 4.10. The fraction of sp³-hybridized carbons (Fsp3) is 0.222. The molecule has 0 aliphatic carbocycles. The van der Waals surface area contributed by atoms with Crippen LogP contribution in [0.4, 0.5) is 0 Å². The number of nitrogens with zero attached hydrogens (tertiary/aromatic N) is 4. The first kappa shape index (κ1) is 14.8. The van der Waals surface area contributed by atoms with Crippen LogP contribution in [0.5, 0.6) is 0 Å². The molecular weight excluding hydrogens is 391 g/mol. The first-order chi connectivity index (χ1) is 11.0. The number of aromatic nitrogens is 4. The van der Waals surface area contributed by atoms with Crippen LogP contribution in [0.2, 0.25) is 9.88 Å². The summed E-state index contributed by atoms with van der Waals surface area (Å²) in [5, 5.41) is 0. The number of hydrogen-bond donors (Lipinski definition) is 0. The molecule has 0 radical (unpaired) electrons. The molecule has 0 saturated heterocycles. The quantitative estimate of drug-likeness (QED) is 0.466. The number of rotatable bonds is 2. The Kier molecular flexibility index (Phi) is 3.27. The molecule has 5 heteroatoms. The summed E-state index contributed by atoms with van der Waals surface area (Å²) in [5.74, 6) is 2.20. The average molecular weight is 411 g/mol. The van der Waals surface area contributed by atoms with Gasteiger partial charge in [0.15, 0.2) is 0 Å². The van der Waals surface area contributed by atoms with Gasteiger partial charge in [0.05, 0.1) is 0 Å². The molecule has 0 fully saturated rings. The monoisotopic (exact) mass is 412 g/mol. The fourth-order valence-corrected chi connectivity index (χ4v) is 13.6. The van der Waals surface area contributed by atoms with Gasteiger partial charge in [-0.2, -0.15) is 0 Å². The first-order valence-corrected chi connectivity index (χ1v) is 16.2. The Bertz CT molecular complexity index is 944. The summed E-state index contributed by atoms with van der Waals surface area (Å²) in [4.78, 5) is 14.4. The molecule has 0 aliphatic heterocycles. The standard InChI is InChI=1S/2C8H7N2.2CH3.Sn/c2*1-6-9-7-4-2-3-5-8(7)10-6;;;/h2*2-5H,1H3;2*1H3;/q2*-1;;;+2. The van der Waals surface area contributed by atoms with Crippen LogP contribution in [0.1, 0.15) is 11.6 Å². The molecule has 0 bridgehead atoms. The molecule has 0 amide bonds. The molecule has 23 heavy (non-hydrogen) atoms. The van der Waals surface area contributed by atoms with E-state index >= 15 is 0 Å². The Morgan fingerprint density at radius 2 is 1.09 bits per heavy atom. The third-order valence-corrected chi connectivity index (χ3v) is 14.0. The van der Waals surface area contributed by atoms with E-state index in [4.69, 9.17) is 9.97 Å². The van der Waals surface area contributed by atoms with Crippen molar-refractivity contribution in [2.45, 2.75) is 23.7 Å². The topological polar surface area (TPSA) is 35.6 Å². The van der Waals surface area contributed by atoms with E-state index in [0.717, 1.165) is 22.7 Å².